The zero-order valence-electron chi connectivity index (χ0n) is 12.5. The zero-order valence-corrected chi connectivity index (χ0v) is 14.1. The monoisotopic (exact) mass is 325 g/mol. The van der Waals surface area contributed by atoms with Gasteiger partial charge in [-0.1, -0.05) is 13.8 Å². The Labute approximate surface area is 132 Å². The summed E-state index contributed by atoms with van der Waals surface area (Å²) in [4.78, 5) is 12.2. The molecule has 0 spiro atoms. The van der Waals surface area contributed by atoms with E-state index in [-0.39, 0.29) is 30.7 Å². The van der Waals surface area contributed by atoms with Crippen molar-refractivity contribution in [3.8, 4) is 0 Å². The Morgan fingerprint density at radius 3 is 2.20 bits per heavy atom. The minimum atomic E-state index is -0.465. The first-order valence-corrected chi connectivity index (χ1v) is 6.34. The maximum Gasteiger partial charge on any atom is 0.227 e. The Morgan fingerprint density at radius 2 is 1.85 bits per heavy atom. The lowest BCUT2D eigenvalue weighted by molar-refractivity contribution is -0.131. The number of hydrogen-bond acceptors (Lipinski definition) is 4. The molecule has 1 aromatic rings. The van der Waals surface area contributed by atoms with Crippen LogP contribution in [0.5, 0.6) is 0 Å². The van der Waals surface area contributed by atoms with Crippen LogP contribution in [0.3, 0.4) is 0 Å². The van der Waals surface area contributed by atoms with Crippen LogP contribution in [0.25, 0.3) is 0 Å². The number of carbonyl (C=O) groups is 1. The molecule has 0 saturated heterocycles. The second-order valence-corrected chi connectivity index (χ2v) is 4.60. The molecule has 0 saturated carbocycles. The maximum atomic E-state index is 12.2. The number of aromatic nitrogens is 3. The summed E-state index contributed by atoms with van der Waals surface area (Å²) in [5.74, 6) is 1.57. The van der Waals surface area contributed by atoms with Gasteiger partial charge in [0.05, 0.1) is 12.0 Å². The summed E-state index contributed by atoms with van der Waals surface area (Å²) in [7, 11) is 1.88. The Kier molecular flexibility index (Phi) is 9.82. The third kappa shape index (κ3) is 4.33. The third-order valence-electron chi connectivity index (χ3n) is 3.82. The van der Waals surface area contributed by atoms with Crippen LogP contribution in [0.15, 0.2) is 0 Å². The van der Waals surface area contributed by atoms with Crippen LogP contribution in [0.1, 0.15) is 38.3 Å². The second-order valence-electron chi connectivity index (χ2n) is 4.60. The number of rotatable bonds is 6. The van der Waals surface area contributed by atoms with Crippen molar-refractivity contribution in [3.63, 3.8) is 0 Å². The van der Waals surface area contributed by atoms with Gasteiger partial charge in [0.25, 0.3) is 0 Å². The van der Waals surface area contributed by atoms with E-state index in [2.05, 4.69) is 15.5 Å². The van der Waals surface area contributed by atoms with Gasteiger partial charge in [-0.25, -0.2) is 0 Å². The molecule has 1 rings (SSSR count). The van der Waals surface area contributed by atoms with E-state index in [9.17, 15) is 4.79 Å². The third-order valence-corrected chi connectivity index (χ3v) is 3.82. The molecule has 6 nitrogen and oxygen atoms in total. The van der Waals surface area contributed by atoms with Gasteiger partial charge in [-0.15, -0.1) is 35.0 Å². The topological polar surface area (TPSA) is 85.8 Å². The molecular weight excluding hydrogens is 301 g/mol. The lowest BCUT2D eigenvalue weighted by atomic mass is 9.81. The smallest absolute Gasteiger partial charge is 0.227 e. The van der Waals surface area contributed by atoms with Crippen LogP contribution in [0.2, 0.25) is 0 Å². The first kappa shape index (κ1) is 21.4. The summed E-state index contributed by atoms with van der Waals surface area (Å²) in [5, 5.41) is 10.9. The van der Waals surface area contributed by atoms with Gasteiger partial charge >= 0.3 is 0 Å². The number of nitrogens with one attached hydrogen (secondary N) is 1. The molecular formula is C12H25Cl2N5O. The second kappa shape index (κ2) is 9.15. The normalized spacial score (nSPS) is 10.4. The van der Waals surface area contributed by atoms with E-state index in [0.717, 1.165) is 24.5 Å². The van der Waals surface area contributed by atoms with Gasteiger partial charge in [-0.05, 0) is 19.8 Å². The molecule has 1 aromatic heterocycles. The molecule has 1 amide bonds. The summed E-state index contributed by atoms with van der Waals surface area (Å²) in [6.07, 6.45) is 1.48. The molecule has 0 aliphatic heterocycles. The van der Waals surface area contributed by atoms with E-state index in [1.807, 2.05) is 32.4 Å². The maximum absolute atomic E-state index is 12.2. The van der Waals surface area contributed by atoms with Crippen molar-refractivity contribution < 1.29 is 4.79 Å². The van der Waals surface area contributed by atoms with Crippen molar-refractivity contribution in [3.05, 3.63) is 11.6 Å². The van der Waals surface area contributed by atoms with Crippen LogP contribution in [-0.4, -0.2) is 27.2 Å². The molecule has 0 fully saturated rings. The van der Waals surface area contributed by atoms with Crippen molar-refractivity contribution in [1.29, 1.82) is 0 Å². The number of halogens is 2. The van der Waals surface area contributed by atoms with Gasteiger partial charge < -0.3 is 15.6 Å². The molecule has 3 N–H and O–H groups in total. The Bertz CT molecular complexity index is 410. The van der Waals surface area contributed by atoms with E-state index in [1.54, 1.807) is 0 Å². The van der Waals surface area contributed by atoms with Gasteiger partial charge in [0.15, 0.2) is 5.82 Å². The molecule has 0 aliphatic rings. The highest BCUT2D eigenvalue weighted by molar-refractivity contribution is 5.85. The number of nitrogens with two attached hydrogens (primary N) is 1. The molecule has 0 unspecified atom stereocenters. The highest BCUT2D eigenvalue weighted by atomic mass is 35.5. The molecule has 0 radical (unpaired) electrons. The van der Waals surface area contributed by atoms with Gasteiger partial charge in [-0.2, -0.15) is 0 Å². The van der Waals surface area contributed by atoms with Crippen LogP contribution in [0, 0.1) is 12.3 Å². The average Bonchev–Trinajstić information content (AvgIpc) is 2.70. The Morgan fingerprint density at radius 1 is 1.30 bits per heavy atom. The highest BCUT2D eigenvalue weighted by Crippen LogP contribution is 2.24. The highest BCUT2D eigenvalue weighted by Gasteiger charge is 2.33. The molecule has 0 aliphatic carbocycles. The lowest BCUT2D eigenvalue weighted by Crippen LogP contribution is -2.45. The fraction of sp³-hybridized carbons (Fsp3) is 0.750. The molecule has 0 aromatic carbocycles. The molecule has 1 heterocycles. The van der Waals surface area contributed by atoms with Crippen LogP contribution < -0.4 is 11.1 Å². The number of carbonyl (C=O) groups excluding carboxylic acids is 1. The van der Waals surface area contributed by atoms with Crippen molar-refractivity contribution in [1.82, 2.24) is 20.1 Å². The molecule has 118 valence electrons. The lowest BCUT2D eigenvalue weighted by Gasteiger charge is -2.28. The predicted octanol–water partition coefficient (Wildman–Crippen LogP) is 1.35. The average molecular weight is 326 g/mol. The van der Waals surface area contributed by atoms with E-state index in [1.165, 1.54) is 0 Å². The van der Waals surface area contributed by atoms with Gasteiger partial charge in [0.1, 0.15) is 5.82 Å². The van der Waals surface area contributed by atoms with Crippen LogP contribution in [0.4, 0.5) is 0 Å². The first-order valence-electron chi connectivity index (χ1n) is 6.34. The molecule has 8 heteroatoms. The quantitative estimate of drug-likeness (QED) is 0.826. The minimum absolute atomic E-state index is 0. The van der Waals surface area contributed by atoms with Crippen molar-refractivity contribution >= 4 is 30.7 Å². The molecule has 20 heavy (non-hydrogen) atoms. The number of aryl methyl sites for hydroxylation is 1. The fourth-order valence-corrected chi connectivity index (χ4v) is 1.90. The van der Waals surface area contributed by atoms with E-state index < -0.39 is 5.41 Å². The van der Waals surface area contributed by atoms with Gasteiger partial charge in [-0.3, -0.25) is 4.79 Å². The molecule has 0 bridgehead atoms. The SMILES string of the molecule is CCC(CC)(CN)C(=O)NCc1nnc(C)n1C.Cl.Cl. The van der Waals surface area contributed by atoms with Crippen LogP contribution >= 0.6 is 24.8 Å². The zero-order chi connectivity index (χ0) is 13.8. The minimum Gasteiger partial charge on any atom is -0.348 e. The van der Waals surface area contributed by atoms with E-state index in [4.69, 9.17) is 5.73 Å². The van der Waals surface area contributed by atoms with E-state index >= 15 is 0 Å². The summed E-state index contributed by atoms with van der Waals surface area (Å²) in [5.41, 5.74) is 5.27. The number of hydrogen-bond donors (Lipinski definition) is 2. The van der Waals surface area contributed by atoms with E-state index in [0.29, 0.717) is 13.1 Å². The summed E-state index contributed by atoms with van der Waals surface area (Å²) < 4.78 is 1.86. The predicted molar refractivity (Wildman–Crippen MR) is 84.2 cm³/mol. The van der Waals surface area contributed by atoms with Gasteiger partial charge in [0.2, 0.25) is 5.91 Å². The Hall–Kier alpha value is -0.850. The van der Waals surface area contributed by atoms with Crippen molar-refractivity contribution in [2.24, 2.45) is 18.2 Å². The largest absolute Gasteiger partial charge is 0.348 e. The van der Waals surface area contributed by atoms with Crippen LogP contribution in [-0.2, 0) is 18.4 Å². The summed E-state index contributed by atoms with van der Waals surface area (Å²) in [6, 6.07) is 0. The number of amides is 1. The summed E-state index contributed by atoms with van der Waals surface area (Å²) >= 11 is 0. The van der Waals surface area contributed by atoms with Gasteiger partial charge in [0, 0.05) is 13.6 Å². The van der Waals surface area contributed by atoms with Crippen molar-refractivity contribution in [2.75, 3.05) is 6.54 Å². The van der Waals surface area contributed by atoms with Crippen molar-refractivity contribution in [2.45, 2.75) is 40.2 Å². The first-order chi connectivity index (χ1) is 8.50. The summed E-state index contributed by atoms with van der Waals surface area (Å²) in [6.45, 7) is 6.60. The standard InChI is InChI=1S/C12H23N5O.2ClH/c1-5-12(6-2,8-13)11(18)14-7-10-16-15-9(3)17(10)4;;/h5-8,13H2,1-4H3,(H,14,18);2*1H. The fourth-order valence-electron chi connectivity index (χ4n) is 1.90. The molecule has 0 atom stereocenters. The Balaban J connectivity index is 0. The number of nitrogens with zero attached hydrogens (tertiary/aromatic N) is 3.